The summed E-state index contributed by atoms with van der Waals surface area (Å²) in [7, 11) is 0. The lowest BCUT2D eigenvalue weighted by molar-refractivity contribution is 0.977. The molecule has 3 aromatic rings. The number of fused-ring (bicyclic) bond motifs is 1. The van der Waals surface area contributed by atoms with Crippen LogP contribution in [-0.2, 0) is 0 Å². The van der Waals surface area contributed by atoms with Crippen molar-refractivity contribution < 1.29 is 0 Å². The molecule has 1 atom stereocenters. The van der Waals surface area contributed by atoms with Gasteiger partial charge in [0.15, 0.2) is 0 Å². The van der Waals surface area contributed by atoms with Crippen molar-refractivity contribution in [1.29, 1.82) is 5.26 Å². The Balaban J connectivity index is 2.13. The van der Waals surface area contributed by atoms with E-state index in [1.165, 1.54) is 0 Å². The first-order chi connectivity index (χ1) is 9.29. The zero-order valence-electron chi connectivity index (χ0n) is 10.7. The minimum Gasteiger partial charge on any atom is -0.357 e. The van der Waals surface area contributed by atoms with Crippen LogP contribution in [0.4, 0.5) is 0 Å². The van der Waals surface area contributed by atoms with Crippen LogP contribution in [0, 0.1) is 18.3 Å². The molecule has 0 spiro atoms. The molecule has 0 aliphatic heterocycles. The van der Waals surface area contributed by atoms with Gasteiger partial charge in [-0.15, -0.1) is 0 Å². The molecule has 3 rings (SSSR count). The van der Waals surface area contributed by atoms with Gasteiger partial charge in [-0.25, -0.2) is 0 Å². The molecule has 2 aromatic carbocycles. The molecule has 1 unspecified atom stereocenters. The third-order valence-electron chi connectivity index (χ3n) is 3.49. The highest BCUT2D eigenvalue weighted by molar-refractivity contribution is 5.80. The summed E-state index contributed by atoms with van der Waals surface area (Å²) in [4.78, 5) is 3.35. The number of aromatic nitrogens is 1. The molecule has 0 amide bonds. The Bertz CT molecular complexity index is 729. The van der Waals surface area contributed by atoms with Gasteiger partial charge in [0.05, 0.1) is 6.07 Å². The summed E-state index contributed by atoms with van der Waals surface area (Å²) >= 11 is 0. The molecule has 0 fully saturated rings. The van der Waals surface area contributed by atoms with E-state index in [2.05, 4.69) is 23.2 Å². The van der Waals surface area contributed by atoms with E-state index >= 15 is 0 Å². The number of benzene rings is 2. The summed E-state index contributed by atoms with van der Waals surface area (Å²) in [6.07, 6.45) is 0. The number of H-pyrrole nitrogens is 1. The fourth-order valence-corrected chi connectivity index (χ4v) is 2.47. The minimum atomic E-state index is -0.242. The summed E-state index contributed by atoms with van der Waals surface area (Å²) in [5.41, 5.74) is 4.24. The Morgan fingerprint density at radius 2 is 1.79 bits per heavy atom. The van der Waals surface area contributed by atoms with Crippen molar-refractivity contribution in [2.75, 3.05) is 0 Å². The lowest BCUT2D eigenvalue weighted by atomic mass is 9.93. The average Bonchev–Trinajstić information content (AvgIpc) is 2.85. The fraction of sp³-hybridized carbons (Fsp3) is 0.118. The second-order valence-corrected chi connectivity index (χ2v) is 4.73. The molecule has 1 heterocycles. The van der Waals surface area contributed by atoms with Gasteiger partial charge in [-0.2, -0.15) is 5.26 Å². The van der Waals surface area contributed by atoms with Gasteiger partial charge in [-0.1, -0.05) is 42.5 Å². The molecule has 0 saturated heterocycles. The molecule has 19 heavy (non-hydrogen) atoms. The number of hydrogen-bond acceptors (Lipinski definition) is 1. The van der Waals surface area contributed by atoms with Crippen LogP contribution in [0.15, 0.2) is 54.6 Å². The lowest BCUT2D eigenvalue weighted by Crippen LogP contribution is -2.00. The number of aromatic amines is 1. The van der Waals surface area contributed by atoms with Crippen LogP contribution in [-0.4, -0.2) is 4.98 Å². The molecule has 0 bridgehead atoms. The molecule has 1 aromatic heterocycles. The highest BCUT2D eigenvalue weighted by atomic mass is 14.7. The summed E-state index contributed by atoms with van der Waals surface area (Å²) in [6.45, 7) is 2.04. The highest BCUT2D eigenvalue weighted by Crippen LogP contribution is 2.28. The third-order valence-corrected chi connectivity index (χ3v) is 3.49. The van der Waals surface area contributed by atoms with Crippen LogP contribution in [0.5, 0.6) is 0 Å². The molecule has 1 N–H and O–H groups in total. The first-order valence-electron chi connectivity index (χ1n) is 6.32. The number of nitrogens with one attached hydrogen (secondary N) is 1. The summed E-state index contributed by atoms with van der Waals surface area (Å²) in [6, 6.07) is 20.6. The Morgan fingerprint density at radius 1 is 1.05 bits per heavy atom. The van der Waals surface area contributed by atoms with Gasteiger partial charge in [-0.05, 0) is 35.6 Å². The zero-order valence-corrected chi connectivity index (χ0v) is 10.7. The number of hydrogen-bond donors (Lipinski definition) is 1. The maximum atomic E-state index is 9.51. The van der Waals surface area contributed by atoms with Crippen molar-refractivity contribution in [2.24, 2.45) is 0 Å². The van der Waals surface area contributed by atoms with Crippen LogP contribution in [0.2, 0.25) is 0 Å². The van der Waals surface area contributed by atoms with Crippen molar-refractivity contribution >= 4 is 10.9 Å². The van der Waals surface area contributed by atoms with Gasteiger partial charge in [0.25, 0.3) is 0 Å². The quantitative estimate of drug-likeness (QED) is 0.725. The van der Waals surface area contributed by atoms with Crippen LogP contribution >= 0.6 is 0 Å². The number of aryl methyl sites for hydroxylation is 1. The molecule has 2 nitrogen and oxygen atoms in total. The third kappa shape index (κ3) is 2.00. The molecule has 0 aliphatic rings. The van der Waals surface area contributed by atoms with E-state index in [1.54, 1.807) is 0 Å². The van der Waals surface area contributed by atoms with Crippen molar-refractivity contribution in [2.45, 2.75) is 12.8 Å². The second-order valence-electron chi connectivity index (χ2n) is 4.73. The van der Waals surface area contributed by atoms with Crippen LogP contribution in [0.25, 0.3) is 10.9 Å². The minimum absolute atomic E-state index is 0.242. The van der Waals surface area contributed by atoms with Crippen molar-refractivity contribution in [3.05, 3.63) is 71.4 Å². The van der Waals surface area contributed by atoms with Crippen LogP contribution in [0.1, 0.15) is 22.7 Å². The second kappa shape index (κ2) is 4.62. The van der Waals surface area contributed by atoms with Gasteiger partial charge >= 0.3 is 0 Å². The summed E-state index contributed by atoms with van der Waals surface area (Å²) in [5, 5.41) is 10.7. The average molecular weight is 246 g/mol. The molecule has 2 heteroatoms. The topological polar surface area (TPSA) is 39.6 Å². The predicted molar refractivity (Wildman–Crippen MR) is 76.9 cm³/mol. The van der Waals surface area contributed by atoms with Crippen molar-refractivity contribution in [3.63, 3.8) is 0 Å². The standard InChI is InChI=1S/C17H14N2/c1-12-6-2-4-8-14(12)15(11-18)17-10-13-7-3-5-9-16(13)19-17/h2-10,15,19H,1H3. The Hall–Kier alpha value is -2.53. The monoisotopic (exact) mass is 246 g/mol. The Labute approximate surface area is 112 Å². The highest BCUT2D eigenvalue weighted by Gasteiger charge is 2.17. The van der Waals surface area contributed by atoms with E-state index in [1.807, 2.05) is 49.4 Å². The lowest BCUT2D eigenvalue weighted by Gasteiger charge is -2.10. The van der Waals surface area contributed by atoms with Crippen molar-refractivity contribution in [1.82, 2.24) is 4.98 Å². The van der Waals surface area contributed by atoms with Crippen LogP contribution in [0.3, 0.4) is 0 Å². The number of nitrogens with zero attached hydrogens (tertiary/aromatic N) is 1. The first-order valence-corrected chi connectivity index (χ1v) is 6.32. The van der Waals surface area contributed by atoms with E-state index in [0.717, 1.165) is 27.7 Å². The maximum absolute atomic E-state index is 9.51. The van der Waals surface area contributed by atoms with E-state index < -0.39 is 0 Å². The number of para-hydroxylation sites is 1. The zero-order chi connectivity index (χ0) is 13.2. The van der Waals surface area contributed by atoms with Gasteiger partial charge in [0.1, 0.15) is 5.92 Å². The van der Waals surface area contributed by atoms with Crippen molar-refractivity contribution in [3.8, 4) is 6.07 Å². The van der Waals surface area contributed by atoms with E-state index in [4.69, 9.17) is 0 Å². The largest absolute Gasteiger partial charge is 0.357 e. The van der Waals surface area contributed by atoms with E-state index in [0.29, 0.717) is 0 Å². The van der Waals surface area contributed by atoms with Gasteiger partial charge in [-0.3, -0.25) is 0 Å². The molecule has 0 aliphatic carbocycles. The van der Waals surface area contributed by atoms with Gasteiger partial charge in [0, 0.05) is 11.2 Å². The molecular weight excluding hydrogens is 232 g/mol. The number of nitriles is 1. The molecule has 0 saturated carbocycles. The summed E-state index contributed by atoms with van der Waals surface area (Å²) in [5.74, 6) is -0.242. The summed E-state index contributed by atoms with van der Waals surface area (Å²) < 4.78 is 0. The molecular formula is C17H14N2. The SMILES string of the molecule is Cc1ccccc1C(C#N)c1cc2ccccc2[nH]1. The maximum Gasteiger partial charge on any atom is 0.111 e. The molecule has 0 radical (unpaired) electrons. The Kier molecular flexibility index (Phi) is 2.81. The van der Waals surface area contributed by atoms with E-state index in [-0.39, 0.29) is 5.92 Å². The van der Waals surface area contributed by atoms with E-state index in [9.17, 15) is 5.26 Å². The first kappa shape index (κ1) is 11.6. The van der Waals surface area contributed by atoms with Crippen LogP contribution < -0.4 is 0 Å². The number of rotatable bonds is 2. The normalized spacial score (nSPS) is 12.2. The smallest absolute Gasteiger partial charge is 0.111 e. The Morgan fingerprint density at radius 3 is 2.53 bits per heavy atom. The van der Waals surface area contributed by atoms with Gasteiger partial charge < -0.3 is 4.98 Å². The predicted octanol–water partition coefficient (Wildman–Crippen LogP) is 4.13. The molecule has 92 valence electrons. The fourth-order valence-electron chi connectivity index (χ4n) is 2.47. The van der Waals surface area contributed by atoms with Gasteiger partial charge in [0.2, 0.25) is 0 Å².